The summed E-state index contributed by atoms with van der Waals surface area (Å²) in [5.74, 6) is -1.13. The van der Waals surface area contributed by atoms with E-state index in [-0.39, 0.29) is 29.9 Å². The Morgan fingerprint density at radius 3 is 2.30 bits per heavy atom. The maximum Gasteiger partial charge on any atom is 0.225 e. The molecule has 3 nitrogen and oxygen atoms in total. The van der Waals surface area contributed by atoms with Gasteiger partial charge in [0.05, 0.1) is 0 Å². The number of hydrogen-bond acceptors (Lipinski definition) is 1. The van der Waals surface area contributed by atoms with Crippen LogP contribution in [0.25, 0.3) is 10.9 Å². The van der Waals surface area contributed by atoms with E-state index in [0.717, 1.165) is 28.5 Å². The minimum Gasteiger partial charge on any atom is -0.361 e. The first-order valence-corrected chi connectivity index (χ1v) is 9.95. The molecule has 1 unspecified atom stereocenters. The molecule has 1 aromatic heterocycles. The number of carbonyl (C=O) groups excluding carboxylic acids is 1. The molecule has 0 fully saturated rings. The quantitative estimate of drug-likeness (QED) is 0.397. The summed E-state index contributed by atoms with van der Waals surface area (Å²) in [6.07, 6.45) is 3.00. The maximum atomic E-state index is 13.5. The number of para-hydroxylation sites is 1. The Morgan fingerprint density at radius 2 is 1.63 bits per heavy atom. The van der Waals surface area contributed by atoms with Crippen molar-refractivity contribution in [3.8, 4) is 0 Å². The van der Waals surface area contributed by atoms with Crippen LogP contribution in [0.1, 0.15) is 36.0 Å². The number of carbonyl (C=O) groups is 1. The molecular weight excluding hydrogens is 382 g/mol. The summed E-state index contributed by atoms with van der Waals surface area (Å²) >= 11 is 0. The fraction of sp³-hybridized carbons (Fsp3) is 0.160. The summed E-state index contributed by atoms with van der Waals surface area (Å²) < 4.78 is 26.6. The fourth-order valence-electron chi connectivity index (χ4n) is 3.85. The highest BCUT2D eigenvalue weighted by molar-refractivity contribution is 5.93. The second-order valence-electron chi connectivity index (χ2n) is 7.30. The molecule has 0 bridgehead atoms. The SMILES string of the molecule is CCc1cccc2c(C(CC(=O)Nc3ccc(F)cc3)c3ccc(F)cc3)c[nH]c12. The Balaban J connectivity index is 1.69. The molecule has 0 aliphatic heterocycles. The van der Waals surface area contributed by atoms with Crippen molar-refractivity contribution in [2.75, 3.05) is 5.32 Å². The molecular formula is C25H22F2N2O. The van der Waals surface area contributed by atoms with E-state index < -0.39 is 0 Å². The predicted molar refractivity (Wildman–Crippen MR) is 116 cm³/mol. The van der Waals surface area contributed by atoms with Crippen LogP contribution in [0.15, 0.2) is 72.9 Å². The van der Waals surface area contributed by atoms with E-state index in [0.29, 0.717) is 5.69 Å². The van der Waals surface area contributed by atoms with Gasteiger partial charge in [0.1, 0.15) is 11.6 Å². The third kappa shape index (κ3) is 4.10. The summed E-state index contributed by atoms with van der Waals surface area (Å²) in [7, 11) is 0. The van der Waals surface area contributed by atoms with E-state index in [1.54, 1.807) is 12.1 Å². The molecule has 3 aromatic carbocycles. The Hall–Kier alpha value is -3.47. The van der Waals surface area contributed by atoms with Crippen LogP contribution in [0.3, 0.4) is 0 Å². The number of halogens is 2. The highest BCUT2D eigenvalue weighted by atomic mass is 19.1. The van der Waals surface area contributed by atoms with Gasteiger partial charge < -0.3 is 10.3 Å². The molecule has 1 amide bonds. The average Bonchev–Trinajstić information content (AvgIpc) is 3.18. The van der Waals surface area contributed by atoms with E-state index in [4.69, 9.17) is 0 Å². The molecule has 0 saturated carbocycles. The van der Waals surface area contributed by atoms with Crippen molar-refractivity contribution < 1.29 is 13.6 Å². The van der Waals surface area contributed by atoms with Crippen LogP contribution in [-0.4, -0.2) is 10.9 Å². The van der Waals surface area contributed by atoms with Crippen LogP contribution in [0.4, 0.5) is 14.5 Å². The second-order valence-corrected chi connectivity index (χ2v) is 7.30. The fourth-order valence-corrected chi connectivity index (χ4v) is 3.85. The number of aromatic nitrogens is 1. The molecule has 152 valence electrons. The Kier molecular flexibility index (Phi) is 5.61. The van der Waals surface area contributed by atoms with Gasteiger partial charge in [-0.25, -0.2) is 8.78 Å². The smallest absolute Gasteiger partial charge is 0.225 e. The first kappa shape index (κ1) is 19.8. The minimum atomic E-state index is -0.359. The van der Waals surface area contributed by atoms with E-state index >= 15 is 0 Å². The number of amides is 1. The minimum absolute atomic E-state index is 0.173. The second kappa shape index (κ2) is 8.49. The van der Waals surface area contributed by atoms with Gasteiger partial charge in [-0.05, 0) is 59.5 Å². The molecule has 0 radical (unpaired) electrons. The standard InChI is InChI=1S/C25H22F2N2O/c1-2-16-4-3-5-21-23(15-28-25(16)21)22(17-6-8-18(26)9-7-17)14-24(30)29-20-12-10-19(27)11-13-20/h3-13,15,22,28H,2,14H2,1H3,(H,29,30). The maximum absolute atomic E-state index is 13.5. The van der Waals surface area contributed by atoms with Gasteiger partial charge in [0.2, 0.25) is 5.91 Å². The summed E-state index contributed by atoms with van der Waals surface area (Å²) in [6, 6.07) is 18.0. The third-order valence-corrected chi connectivity index (χ3v) is 5.38. The molecule has 5 heteroatoms. The molecule has 4 aromatic rings. The monoisotopic (exact) mass is 404 g/mol. The molecule has 30 heavy (non-hydrogen) atoms. The zero-order valence-electron chi connectivity index (χ0n) is 16.6. The number of fused-ring (bicyclic) bond motifs is 1. The molecule has 4 rings (SSSR count). The van der Waals surface area contributed by atoms with Crippen molar-refractivity contribution in [2.45, 2.75) is 25.7 Å². The van der Waals surface area contributed by atoms with Crippen molar-refractivity contribution in [1.82, 2.24) is 4.98 Å². The number of anilines is 1. The number of hydrogen-bond donors (Lipinski definition) is 2. The van der Waals surface area contributed by atoms with Crippen LogP contribution in [-0.2, 0) is 11.2 Å². The lowest BCUT2D eigenvalue weighted by Crippen LogP contribution is -2.16. The zero-order chi connectivity index (χ0) is 21.1. The number of H-pyrrole nitrogens is 1. The highest BCUT2D eigenvalue weighted by Gasteiger charge is 2.22. The number of aryl methyl sites for hydroxylation is 1. The molecule has 1 atom stereocenters. The van der Waals surface area contributed by atoms with Crippen molar-refractivity contribution in [2.24, 2.45) is 0 Å². The molecule has 1 heterocycles. The highest BCUT2D eigenvalue weighted by Crippen LogP contribution is 2.35. The van der Waals surface area contributed by atoms with E-state index in [2.05, 4.69) is 23.3 Å². The Morgan fingerprint density at radius 1 is 0.967 bits per heavy atom. The van der Waals surface area contributed by atoms with E-state index in [1.807, 2.05) is 18.3 Å². The molecule has 0 saturated heterocycles. The largest absolute Gasteiger partial charge is 0.361 e. The van der Waals surface area contributed by atoms with Gasteiger partial charge in [-0.2, -0.15) is 0 Å². The summed E-state index contributed by atoms with van der Waals surface area (Å²) in [5.41, 5.74) is 4.63. The van der Waals surface area contributed by atoms with Crippen LogP contribution in [0, 0.1) is 11.6 Å². The van der Waals surface area contributed by atoms with E-state index in [9.17, 15) is 13.6 Å². The average molecular weight is 404 g/mol. The summed E-state index contributed by atoms with van der Waals surface area (Å²) in [6.45, 7) is 2.10. The summed E-state index contributed by atoms with van der Waals surface area (Å²) in [5, 5.41) is 3.88. The van der Waals surface area contributed by atoms with Crippen molar-refractivity contribution in [3.05, 3.63) is 101 Å². The van der Waals surface area contributed by atoms with Crippen molar-refractivity contribution >= 4 is 22.5 Å². The van der Waals surface area contributed by atoms with E-state index in [1.165, 1.54) is 42.0 Å². The Bertz CT molecular complexity index is 1160. The zero-order valence-corrected chi connectivity index (χ0v) is 16.6. The lowest BCUT2D eigenvalue weighted by molar-refractivity contribution is -0.116. The van der Waals surface area contributed by atoms with Gasteiger partial charge >= 0.3 is 0 Å². The number of nitrogens with one attached hydrogen (secondary N) is 2. The van der Waals surface area contributed by atoms with Crippen LogP contribution in [0.2, 0.25) is 0 Å². The van der Waals surface area contributed by atoms with Crippen LogP contribution >= 0.6 is 0 Å². The topological polar surface area (TPSA) is 44.9 Å². The van der Waals surface area contributed by atoms with Crippen LogP contribution < -0.4 is 5.32 Å². The van der Waals surface area contributed by atoms with Crippen molar-refractivity contribution in [3.63, 3.8) is 0 Å². The first-order chi connectivity index (χ1) is 14.5. The molecule has 0 spiro atoms. The first-order valence-electron chi connectivity index (χ1n) is 9.95. The lowest BCUT2D eigenvalue weighted by Gasteiger charge is -2.17. The predicted octanol–water partition coefficient (Wildman–Crippen LogP) is 6.17. The Labute approximate surface area is 173 Å². The van der Waals surface area contributed by atoms with Gasteiger partial charge in [0.25, 0.3) is 0 Å². The van der Waals surface area contributed by atoms with Crippen LogP contribution in [0.5, 0.6) is 0 Å². The normalized spacial score (nSPS) is 12.1. The molecule has 0 aliphatic rings. The third-order valence-electron chi connectivity index (χ3n) is 5.38. The number of rotatable bonds is 6. The lowest BCUT2D eigenvalue weighted by atomic mass is 9.87. The number of aromatic amines is 1. The van der Waals surface area contributed by atoms with Gasteiger partial charge in [0.15, 0.2) is 0 Å². The molecule has 0 aliphatic carbocycles. The van der Waals surface area contributed by atoms with Gasteiger partial charge in [-0.1, -0.05) is 37.3 Å². The van der Waals surface area contributed by atoms with Gasteiger partial charge in [0, 0.05) is 35.1 Å². The van der Waals surface area contributed by atoms with Gasteiger partial charge in [-0.15, -0.1) is 0 Å². The number of benzene rings is 3. The van der Waals surface area contributed by atoms with Gasteiger partial charge in [-0.3, -0.25) is 4.79 Å². The summed E-state index contributed by atoms with van der Waals surface area (Å²) in [4.78, 5) is 16.2. The van der Waals surface area contributed by atoms with Crippen molar-refractivity contribution in [1.29, 1.82) is 0 Å². The molecule has 2 N–H and O–H groups in total.